The minimum atomic E-state index is -0.304. The molecule has 0 aliphatic carbocycles. The molecule has 0 unspecified atom stereocenters. The van der Waals surface area contributed by atoms with E-state index in [2.05, 4.69) is 5.32 Å². The van der Waals surface area contributed by atoms with Crippen LogP contribution in [0, 0.1) is 5.82 Å². The predicted molar refractivity (Wildman–Crippen MR) is 73.3 cm³/mol. The van der Waals surface area contributed by atoms with E-state index in [-0.39, 0.29) is 18.4 Å². The maximum Gasteiger partial charge on any atom is 0.321 e. The molecule has 0 radical (unpaired) electrons. The summed E-state index contributed by atoms with van der Waals surface area (Å²) in [4.78, 5) is 13.4. The maximum atomic E-state index is 13.5. The predicted octanol–water partition coefficient (Wildman–Crippen LogP) is 3.49. The van der Waals surface area contributed by atoms with Crippen LogP contribution in [0.5, 0.6) is 0 Å². The van der Waals surface area contributed by atoms with Gasteiger partial charge in [0.1, 0.15) is 5.82 Å². The monoisotopic (exact) mass is 258 g/mol. The highest BCUT2D eigenvalue weighted by atomic mass is 19.1. The molecule has 0 aliphatic rings. The third-order valence-corrected chi connectivity index (χ3v) is 2.74. The fraction of sp³-hybridized carbons (Fsp3) is 0.133. The first-order valence-electron chi connectivity index (χ1n) is 5.97. The van der Waals surface area contributed by atoms with E-state index < -0.39 is 0 Å². The Labute approximate surface area is 111 Å². The molecule has 0 atom stereocenters. The Morgan fingerprint density at radius 1 is 1.11 bits per heavy atom. The largest absolute Gasteiger partial charge is 0.323 e. The van der Waals surface area contributed by atoms with Crippen LogP contribution in [0.25, 0.3) is 0 Å². The van der Waals surface area contributed by atoms with Crippen molar-refractivity contribution in [3.63, 3.8) is 0 Å². The van der Waals surface area contributed by atoms with Crippen molar-refractivity contribution in [1.82, 2.24) is 4.90 Å². The second-order valence-corrected chi connectivity index (χ2v) is 4.24. The minimum Gasteiger partial charge on any atom is -0.323 e. The number of halogens is 1. The molecule has 1 N–H and O–H groups in total. The van der Waals surface area contributed by atoms with E-state index in [0.717, 1.165) is 0 Å². The van der Waals surface area contributed by atoms with Crippen molar-refractivity contribution < 1.29 is 9.18 Å². The molecule has 2 amide bonds. The summed E-state index contributed by atoms with van der Waals surface area (Å²) in [6, 6.07) is 15.3. The summed E-state index contributed by atoms with van der Waals surface area (Å²) in [5.74, 6) is -0.304. The Morgan fingerprint density at radius 3 is 2.42 bits per heavy atom. The molecule has 19 heavy (non-hydrogen) atoms. The van der Waals surface area contributed by atoms with Crippen molar-refractivity contribution in [2.75, 3.05) is 12.4 Å². The van der Waals surface area contributed by atoms with Crippen molar-refractivity contribution in [2.45, 2.75) is 6.54 Å². The fourth-order valence-corrected chi connectivity index (χ4v) is 1.69. The number of amides is 2. The number of carbonyl (C=O) groups excluding carboxylic acids is 1. The number of urea groups is 1. The van der Waals surface area contributed by atoms with Gasteiger partial charge in [-0.2, -0.15) is 0 Å². The molecule has 0 saturated heterocycles. The summed E-state index contributed by atoms with van der Waals surface area (Å²) in [5, 5.41) is 2.75. The zero-order valence-corrected chi connectivity index (χ0v) is 10.6. The molecule has 0 aromatic heterocycles. The van der Waals surface area contributed by atoms with Gasteiger partial charge in [0.15, 0.2) is 0 Å². The molecule has 0 bridgehead atoms. The van der Waals surface area contributed by atoms with E-state index >= 15 is 0 Å². The number of para-hydroxylation sites is 1. The number of rotatable bonds is 3. The second-order valence-electron chi connectivity index (χ2n) is 4.24. The highest BCUT2D eigenvalue weighted by Gasteiger charge is 2.11. The lowest BCUT2D eigenvalue weighted by Gasteiger charge is -2.18. The Kier molecular flexibility index (Phi) is 4.13. The van der Waals surface area contributed by atoms with Gasteiger partial charge in [-0.05, 0) is 18.2 Å². The van der Waals surface area contributed by atoms with E-state index in [1.165, 1.54) is 11.0 Å². The minimum absolute atomic E-state index is 0.228. The maximum absolute atomic E-state index is 13.5. The van der Waals surface area contributed by atoms with Crippen LogP contribution in [0.4, 0.5) is 14.9 Å². The summed E-state index contributed by atoms with van der Waals surface area (Å²) in [6.07, 6.45) is 0. The number of anilines is 1. The first-order chi connectivity index (χ1) is 9.16. The van der Waals surface area contributed by atoms with Gasteiger partial charge in [-0.3, -0.25) is 0 Å². The number of hydrogen-bond donors (Lipinski definition) is 1. The summed E-state index contributed by atoms with van der Waals surface area (Å²) in [6.45, 7) is 0.228. The van der Waals surface area contributed by atoms with Crippen LogP contribution in [0.15, 0.2) is 54.6 Å². The zero-order valence-electron chi connectivity index (χ0n) is 10.6. The van der Waals surface area contributed by atoms with E-state index in [1.54, 1.807) is 37.4 Å². The summed E-state index contributed by atoms with van der Waals surface area (Å²) < 4.78 is 13.5. The average molecular weight is 258 g/mol. The Morgan fingerprint density at radius 2 is 1.74 bits per heavy atom. The van der Waals surface area contributed by atoms with Crippen LogP contribution >= 0.6 is 0 Å². The van der Waals surface area contributed by atoms with Gasteiger partial charge in [0.25, 0.3) is 0 Å². The van der Waals surface area contributed by atoms with Crippen LogP contribution in [0.3, 0.4) is 0 Å². The first kappa shape index (κ1) is 13.1. The average Bonchev–Trinajstić information content (AvgIpc) is 2.42. The topological polar surface area (TPSA) is 32.3 Å². The fourth-order valence-electron chi connectivity index (χ4n) is 1.69. The first-order valence-corrected chi connectivity index (χ1v) is 5.97. The molecule has 4 heteroatoms. The highest BCUT2D eigenvalue weighted by molar-refractivity contribution is 5.89. The Hall–Kier alpha value is -2.36. The van der Waals surface area contributed by atoms with Gasteiger partial charge in [0.2, 0.25) is 0 Å². The molecule has 2 aromatic rings. The van der Waals surface area contributed by atoms with Gasteiger partial charge < -0.3 is 10.2 Å². The van der Waals surface area contributed by atoms with Crippen LogP contribution in [0.2, 0.25) is 0 Å². The summed E-state index contributed by atoms with van der Waals surface area (Å²) in [7, 11) is 1.63. The molecule has 2 aromatic carbocycles. The number of benzene rings is 2. The normalized spacial score (nSPS) is 10.0. The third kappa shape index (κ3) is 3.55. The quantitative estimate of drug-likeness (QED) is 0.898. The van der Waals surface area contributed by atoms with Crippen molar-refractivity contribution in [1.29, 1.82) is 0 Å². The van der Waals surface area contributed by atoms with Crippen LogP contribution in [0.1, 0.15) is 5.56 Å². The van der Waals surface area contributed by atoms with Gasteiger partial charge >= 0.3 is 6.03 Å². The third-order valence-electron chi connectivity index (χ3n) is 2.74. The van der Waals surface area contributed by atoms with Crippen molar-refractivity contribution in [3.05, 3.63) is 66.0 Å². The van der Waals surface area contributed by atoms with E-state index in [1.807, 2.05) is 18.2 Å². The molecule has 0 saturated carbocycles. The zero-order chi connectivity index (χ0) is 13.7. The number of nitrogens with zero attached hydrogens (tertiary/aromatic N) is 1. The molecule has 98 valence electrons. The Balaban J connectivity index is 1.98. The lowest BCUT2D eigenvalue weighted by Crippen LogP contribution is -2.31. The molecule has 3 nitrogen and oxygen atoms in total. The molecule has 0 spiro atoms. The van der Waals surface area contributed by atoms with Crippen LogP contribution in [-0.2, 0) is 6.54 Å². The SMILES string of the molecule is CN(Cc1ccccc1F)C(=O)Nc1ccccc1. The van der Waals surface area contributed by atoms with Gasteiger partial charge in [-0.1, -0.05) is 36.4 Å². The van der Waals surface area contributed by atoms with Gasteiger partial charge in [0, 0.05) is 24.8 Å². The number of hydrogen-bond acceptors (Lipinski definition) is 1. The molecule has 0 heterocycles. The number of nitrogens with one attached hydrogen (secondary N) is 1. The van der Waals surface area contributed by atoms with Crippen molar-refractivity contribution in [2.24, 2.45) is 0 Å². The lowest BCUT2D eigenvalue weighted by atomic mass is 10.2. The molecule has 2 rings (SSSR count). The van der Waals surface area contributed by atoms with Gasteiger partial charge in [-0.25, -0.2) is 9.18 Å². The molecule has 0 fully saturated rings. The van der Waals surface area contributed by atoms with Crippen LogP contribution < -0.4 is 5.32 Å². The van der Waals surface area contributed by atoms with E-state index in [9.17, 15) is 9.18 Å². The smallest absolute Gasteiger partial charge is 0.321 e. The van der Waals surface area contributed by atoms with Gasteiger partial charge in [-0.15, -0.1) is 0 Å². The molecular formula is C15H15FN2O. The molecular weight excluding hydrogens is 243 g/mol. The van der Waals surface area contributed by atoms with E-state index in [4.69, 9.17) is 0 Å². The number of carbonyl (C=O) groups is 1. The van der Waals surface area contributed by atoms with Crippen LogP contribution in [-0.4, -0.2) is 18.0 Å². The summed E-state index contributed by atoms with van der Waals surface area (Å²) >= 11 is 0. The standard InChI is InChI=1S/C15H15FN2O/c1-18(11-12-7-5-6-10-14(12)16)15(19)17-13-8-3-2-4-9-13/h2-10H,11H2,1H3,(H,17,19). The van der Waals surface area contributed by atoms with Crippen molar-refractivity contribution >= 4 is 11.7 Å². The lowest BCUT2D eigenvalue weighted by molar-refractivity contribution is 0.220. The van der Waals surface area contributed by atoms with E-state index in [0.29, 0.717) is 11.3 Å². The second kappa shape index (κ2) is 6.00. The van der Waals surface area contributed by atoms with Gasteiger partial charge in [0.05, 0.1) is 0 Å². The Bertz CT molecular complexity index is 557. The van der Waals surface area contributed by atoms with Crippen molar-refractivity contribution in [3.8, 4) is 0 Å². The summed E-state index contributed by atoms with van der Waals surface area (Å²) in [5.41, 5.74) is 1.21. The molecule has 0 aliphatic heterocycles. The highest BCUT2D eigenvalue weighted by Crippen LogP contribution is 2.11.